The van der Waals surface area contributed by atoms with Crippen molar-refractivity contribution in [3.8, 4) is 5.75 Å². The lowest BCUT2D eigenvalue weighted by atomic mass is 10.0. The maximum absolute atomic E-state index is 13.0. The molecule has 1 amide bonds. The number of aromatic amines is 1. The summed E-state index contributed by atoms with van der Waals surface area (Å²) < 4.78 is 5.29. The molecule has 0 unspecified atom stereocenters. The number of aromatic nitrogens is 1. The Morgan fingerprint density at radius 3 is 2.70 bits per heavy atom. The van der Waals surface area contributed by atoms with Gasteiger partial charge < -0.3 is 19.9 Å². The Balaban J connectivity index is 1.47. The molecular formula is C24H30N4O2. The molecule has 1 fully saturated rings. The Kier molecular flexibility index (Phi) is 6.06. The van der Waals surface area contributed by atoms with Gasteiger partial charge in [-0.1, -0.05) is 30.3 Å². The van der Waals surface area contributed by atoms with Crippen LogP contribution in [0.2, 0.25) is 0 Å². The molecule has 4 rings (SSSR count). The van der Waals surface area contributed by atoms with Crippen LogP contribution in [0.3, 0.4) is 0 Å². The topological polar surface area (TPSA) is 60.6 Å². The van der Waals surface area contributed by atoms with E-state index >= 15 is 0 Å². The second kappa shape index (κ2) is 8.90. The van der Waals surface area contributed by atoms with Crippen LogP contribution < -0.4 is 10.1 Å². The van der Waals surface area contributed by atoms with Crippen LogP contribution in [0, 0.1) is 5.92 Å². The molecule has 2 atom stereocenters. The molecule has 2 heterocycles. The number of hydrogen-bond donors (Lipinski definition) is 2. The van der Waals surface area contributed by atoms with E-state index in [4.69, 9.17) is 4.74 Å². The number of rotatable bonds is 7. The molecule has 0 bridgehead atoms. The first kappa shape index (κ1) is 20.4. The molecule has 6 nitrogen and oxygen atoms in total. The number of amides is 1. The summed E-state index contributed by atoms with van der Waals surface area (Å²) in [5.41, 5.74) is 2.82. The second-order valence-electron chi connectivity index (χ2n) is 8.42. The van der Waals surface area contributed by atoms with Crippen LogP contribution in [0.25, 0.3) is 10.9 Å². The second-order valence-corrected chi connectivity index (χ2v) is 8.42. The van der Waals surface area contributed by atoms with E-state index in [9.17, 15) is 4.79 Å². The van der Waals surface area contributed by atoms with Crippen LogP contribution in [0.5, 0.6) is 5.75 Å². The van der Waals surface area contributed by atoms with Crippen molar-refractivity contribution in [1.29, 1.82) is 0 Å². The lowest BCUT2D eigenvalue weighted by Crippen LogP contribution is -2.43. The molecule has 30 heavy (non-hydrogen) atoms. The maximum Gasteiger partial charge on any atom is 0.268 e. The van der Waals surface area contributed by atoms with E-state index in [0.717, 1.165) is 42.8 Å². The van der Waals surface area contributed by atoms with Gasteiger partial charge in [0.15, 0.2) is 0 Å². The molecule has 1 aromatic heterocycles. The number of ether oxygens (including phenoxy) is 1. The van der Waals surface area contributed by atoms with Gasteiger partial charge in [0.25, 0.3) is 5.91 Å². The number of nitrogens with zero attached hydrogens (tertiary/aromatic N) is 2. The van der Waals surface area contributed by atoms with E-state index in [1.807, 2.05) is 30.3 Å². The van der Waals surface area contributed by atoms with Crippen LogP contribution in [-0.2, 0) is 6.54 Å². The minimum absolute atomic E-state index is 0.0551. The third-order valence-electron chi connectivity index (χ3n) is 5.75. The monoisotopic (exact) mass is 406 g/mol. The van der Waals surface area contributed by atoms with Gasteiger partial charge in [0, 0.05) is 49.0 Å². The normalized spacial score (nSPS) is 19.5. The average molecular weight is 407 g/mol. The Morgan fingerprint density at radius 1 is 1.17 bits per heavy atom. The highest BCUT2D eigenvalue weighted by atomic mass is 16.5. The number of likely N-dealkylation sites (tertiary alicyclic amines) is 1. The number of fused-ring (bicyclic) bond motifs is 1. The van der Waals surface area contributed by atoms with Crippen molar-refractivity contribution < 1.29 is 9.53 Å². The molecule has 3 aromatic rings. The quantitative estimate of drug-likeness (QED) is 0.633. The zero-order valence-corrected chi connectivity index (χ0v) is 17.9. The summed E-state index contributed by atoms with van der Waals surface area (Å²) in [5, 5.41) is 4.26. The maximum atomic E-state index is 13.0. The number of carbonyl (C=O) groups excluding carboxylic acids is 1. The van der Waals surface area contributed by atoms with Crippen LogP contribution >= 0.6 is 0 Å². The largest absolute Gasteiger partial charge is 0.497 e. The Labute approximate surface area is 177 Å². The summed E-state index contributed by atoms with van der Waals surface area (Å²) in [4.78, 5) is 20.9. The summed E-state index contributed by atoms with van der Waals surface area (Å²) in [6, 6.07) is 18.3. The summed E-state index contributed by atoms with van der Waals surface area (Å²) >= 11 is 0. The van der Waals surface area contributed by atoms with Gasteiger partial charge in [-0.3, -0.25) is 9.69 Å². The summed E-state index contributed by atoms with van der Waals surface area (Å²) in [6.07, 6.45) is 0. The lowest BCUT2D eigenvalue weighted by Gasteiger charge is -2.22. The lowest BCUT2D eigenvalue weighted by molar-refractivity contribution is 0.0922. The van der Waals surface area contributed by atoms with E-state index in [1.54, 1.807) is 7.11 Å². The van der Waals surface area contributed by atoms with Gasteiger partial charge in [-0.05, 0) is 43.9 Å². The van der Waals surface area contributed by atoms with Crippen molar-refractivity contribution in [3.63, 3.8) is 0 Å². The predicted octanol–water partition coefficient (Wildman–Crippen LogP) is 2.97. The Morgan fingerprint density at radius 2 is 1.97 bits per heavy atom. The molecule has 0 saturated carbocycles. The minimum Gasteiger partial charge on any atom is -0.497 e. The fraction of sp³-hybridized carbons (Fsp3) is 0.375. The van der Waals surface area contributed by atoms with Gasteiger partial charge in [0.1, 0.15) is 11.4 Å². The molecule has 1 saturated heterocycles. The third-order valence-corrected chi connectivity index (χ3v) is 5.75. The highest BCUT2D eigenvalue weighted by Crippen LogP contribution is 2.23. The summed E-state index contributed by atoms with van der Waals surface area (Å²) in [7, 11) is 5.82. The molecular weight excluding hydrogens is 376 g/mol. The van der Waals surface area contributed by atoms with Gasteiger partial charge in [0.2, 0.25) is 0 Å². The van der Waals surface area contributed by atoms with Crippen molar-refractivity contribution in [3.05, 3.63) is 65.9 Å². The summed E-state index contributed by atoms with van der Waals surface area (Å²) in [6.45, 7) is 3.68. The molecule has 6 heteroatoms. The van der Waals surface area contributed by atoms with Crippen molar-refractivity contribution >= 4 is 16.8 Å². The highest BCUT2D eigenvalue weighted by molar-refractivity contribution is 5.98. The molecule has 0 spiro atoms. The number of benzene rings is 2. The van der Waals surface area contributed by atoms with E-state index in [1.165, 1.54) is 5.56 Å². The number of nitrogens with one attached hydrogen (secondary N) is 2. The van der Waals surface area contributed by atoms with Gasteiger partial charge >= 0.3 is 0 Å². The summed E-state index contributed by atoms with van der Waals surface area (Å²) in [5.74, 6) is 1.12. The minimum atomic E-state index is -0.0551. The van der Waals surface area contributed by atoms with Gasteiger partial charge in [-0.15, -0.1) is 0 Å². The zero-order chi connectivity index (χ0) is 21.1. The van der Waals surface area contributed by atoms with Gasteiger partial charge in [0.05, 0.1) is 7.11 Å². The van der Waals surface area contributed by atoms with Crippen LogP contribution in [0.4, 0.5) is 0 Å². The molecule has 158 valence electrons. The van der Waals surface area contributed by atoms with Crippen molar-refractivity contribution in [2.45, 2.75) is 12.6 Å². The van der Waals surface area contributed by atoms with Crippen molar-refractivity contribution in [2.75, 3.05) is 40.8 Å². The smallest absolute Gasteiger partial charge is 0.268 e. The molecule has 1 aliphatic heterocycles. The fourth-order valence-corrected chi connectivity index (χ4v) is 4.36. The van der Waals surface area contributed by atoms with Crippen LogP contribution in [0.15, 0.2) is 54.6 Å². The van der Waals surface area contributed by atoms with Gasteiger partial charge in [-0.25, -0.2) is 0 Å². The Bertz CT molecular complexity index is 999. The van der Waals surface area contributed by atoms with Crippen molar-refractivity contribution in [2.24, 2.45) is 5.92 Å². The van der Waals surface area contributed by atoms with Crippen molar-refractivity contribution in [1.82, 2.24) is 20.1 Å². The molecule has 1 aliphatic rings. The molecule has 0 aliphatic carbocycles. The number of H-pyrrole nitrogens is 1. The SMILES string of the molecule is COc1ccc2[nH]c(C(=O)N[C@@H]3CN(Cc4ccccc4)C[C@H]3CN(C)C)cc2c1. The number of methoxy groups -OCH3 is 1. The Hall–Kier alpha value is -2.83. The number of carbonyl (C=O) groups is 1. The standard InChI is InChI=1S/C24H30N4O2/c1-27(2)14-19-15-28(13-17-7-5-4-6-8-17)16-23(19)26-24(29)22-12-18-11-20(30-3)9-10-21(18)25-22/h4-12,19,23,25H,13-16H2,1-3H3,(H,26,29)/t19-,23-/m1/s1. The molecule has 0 radical (unpaired) electrons. The molecule has 2 aromatic carbocycles. The van der Waals surface area contributed by atoms with Crippen LogP contribution in [-0.4, -0.2) is 67.6 Å². The first-order chi connectivity index (χ1) is 14.5. The van der Waals surface area contributed by atoms with E-state index in [-0.39, 0.29) is 11.9 Å². The third kappa shape index (κ3) is 4.66. The van der Waals surface area contributed by atoms with E-state index in [0.29, 0.717) is 11.6 Å². The zero-order valence-electron chi connectivity index (χ0n) is 17.9. The highest BCUT2D eigenvalue weighted by Gasteiger charge is 2.34. The fourth-order valence-electron chi connectivity index (χ4n) is 4.36. The number of hydrogen-bond acceptors (Lipinski definition) is 4. The first-order valence-corrected chi connectivity index (χ1v) is 10.4. The van der Waals surface area contributed by atoms with E-state index < -0.39 is 0 Å². The molecule has 2 N–H and O–H groups in total. The predicted molar refractivity (Wildman–Crippen MR) is 120 cm³/mol. The van der Waals surface area contributed by atoms with Crippen LogP contribution in [0.1, 0.15) is 16.1 Å². The first-order valence-electron chi connectivity index (χ1n) is 10.4. The average Bonchev–Trinajstić information content (AvgIpc) is 3.31. The van der Waals surface area contributed by atoms with E-state index in [2.05, 4.69) is 58.5 Å². The van der Waals surface area contributed by atoms with Gasteiger partial charge in [-0.2, -0.15) is 0 Å².